The van der Waals surface area contributed by atoms with Crippen LogP contribution < -0.4 is 5.32 Å². The summed E-state index contributed by atoms with van der Waals surface area (Å²) in [5, 5.41) is 3.36. The Labute approximate surface area is 120 Å². The Morgan fingerprint density at radius 2 is 2.00 bits per heavy atom. The summed E-state index contributed by atoms with van der Waals surface area (Å²) in [6.45, 7) is 4.00. The van der Waals surface area contributed by atoms with Gasteiger partial charge in [0.25, 0.3) is 0 Å². The molecule has 2 heterocycles. The van der Waals surface area contributed by atoms with Crippen molar-refractivity contribution in [1.82, 2.24) is 15.1 Å². The van der Waals surface area contributed by atoms with Crippen molar-refractivity contribution < 1.29 is 4.79 Å². The van der Waals surface area contributed by atoms with E-state index in [0.717, 1.165) is 24.9 Å². The van der Waals surface area contributed by atoms with Crippen LogP contribution in [0.25, 0.3) is 0 Å². The van der Waals surface area contributed by atoms with E-state index in [4.69, 9.17) is 0 Å². The molecule has 1 N–H and O–H groups in total. The fourth-order valence-corrected chi connectivity index (χ4v) is 3.28. The quantitative estimate of drug-likeness (QED) is 0.889. The summed E-state index contributed by atoms with van der Waals surface area (Å²) in [7, 11) is 2.16. The lowest BCUT2D eigenvalue weighted by Crippen LogP contribution is -2.48. The van der Waals surface area contributed by atoms with E-state index < -0.39 is 0 Å². The molecule has 3 unspecified atom stereocenters. The maximum atomic E-state index is 12.6. The van der Waals surface area contributed by atoms with Gasteiger partial charge in [-0.3, -0.25) is 10.1 Å². The first kappa shape index (κ1) is 13.6. The molecule has 0 saturated carbocycles. The standard InChI is InChI=1S/C16H23N3O/c1-12-10-14(8-9-18(12)2)19-11-17-15(16(19)20)13-6-4-3-5-7-13/h3-7,12,14-15,17H,8-11H2,1-2H3. The summed E-state index contributed by atoms with van der Waals surface area (Å²) < 4.78 is 0. The van der Waals surface area contributed by atoms with E-state index >= 15 is 0 Å². The summed E-state index contributed by atoms with van der Waals surface area (Å²) in [5.74, 6) is 0.234. The Kier molecular flexibility index (Phi) is 3.76. The molecule has 0 aliphatic carbocycles. The maximum absolute atomic E-state index is 12.6. The minimum absolute atomic E-state index is 0.161. The van der Waals surface area contributed by atoms with Crippen LogP contribution in [0.15, 0.2) is 30.3 Å². The fourth-order valence-electron chi connectivity index (χ4n) is 3.28. The van der Waals surface area contributed by atoms with Crippen LogP contribution in [-0.2, 0) is 4.79 Å². The molecule has 1 aromatic carbocycles. The topological polar surface area (TPSA) is 35.6 Å². The summed E-state index contributed by atoms with van der Waals surface area (Å²) in [6.07, 6.45) is 2.15. The van der Waals surface area contributed by atoms with Crippen molar-refractivity contribution in [3.63, 3.8) is 0 Å². The van der Waals surface area contributed by atoms with Crippen LogP contribution in [-0.4, -0.2) is 48.1 Å². The van der Waals surface area contributed by atoms with E-state index in [0.29, 0.717) is 18.8 Å². The van der Waals surface area contributed by atoms with E-state index in [1.165, 1.54) is 0 Å². The molecule has 3 rings (SSSR count). The predicted molar refractivity (Wildman–Crippen MR) is 79.1 cm³/mol. The van der Waals surface area contributed by atoms with E-state index in [1.54, 1.807) is 0 Å². The van der Waals surface area contributed by atoms with Gasteiger partial charge in [-0.2, -0.15) is 0 Å². The average molecular weight is 273 g/mol. The summed E-state index contributed by atoms with van der Waals surface area (Å²) in [6, 6.07) is 10.8. The lowest BCUT2D eigenvalue weighted by Gasteiger charge is -2.39. The molecule has 2 aliphatic rings. The van der Waals surface area contributed by atoms with Gasteiger partial charge in [0.2, 0.25) is 5.91 Å². The Morgan fingerprint density at radius 1 is 1.25 bits per heavy atom. The highest BCUT2D eigenvalue weighted by Gasteiger charge is 2.38. The van der Waals surface area contributed by atoms with Gasteiger partial charge in [-0.25, -0.2) is 0 Å². The van der Waals surface area contributed by atoms with Crippen molar-refractivity contribution >= 4 is 5.91 Å². The predicted octanol–water partition coefficient (Wildman–Crippen LogP) is 1.60. The lowest BCUT2D eigenvalue weighted by atomic mass is 9.97. The monoisotopic (exact) mass is 273 g/mol. The first-order valence-electron chi connectivity index (χ1n) is 7.46. The number of amides is 1. The molecule has 1 aromatic rings. The molecular formula is C16H23N3O. The van der Waals surface area contributed by atoms with Gasteiger partial charge >= 0.3 is 0 Å². The first-order chi connectivity index (χ1) is 9.66. The normalized spacial score (nSPS) is 31.8. The van der Waals surface area contributed by atoms with Crippen molar-refractivity contribution in [2.24, 2.45) is 0 Å². The van der Waals surface area contributed by atoms with E-state index in [1.807, 2.05) is 35.2 Å². The largest absolute Gasteiger partial charge is 0.325 e. The van der Waals surface area contributed by atoms with Gasteiger partial charge < -0.3 is 9.80 Å². The highest BCUT2D eigenvalue weighted by atomic mass is 16.2. The SMILES string of the molecule is CC1CC(N2CNC(c3ccccc3)C2=O)CCN1C. The smallest absolute Gasteiger partial charge is 0.245 e. The van der Waals surface area contributed by atoms with Crippen LogP contribution >= 0.6 is 0 Å². The van der Waals surface area contributed by atoms with Gasteiger partial charge in [0.1, 0.15) is 6.04 Å². The molecule has 0 spiro atoms. The minimum atomic E-state index is -0.161. The molecule has 0 aromatic heterocycles. The van der Waals surface area contributed by atoms with Gasteiger partial charge in [-0.15, -0.1) is 0 Å². The molecule has 4 nitrogen and oxygen atoms in total. The summed E-state index contributed by atoms with van der Waals surface area (Å²) in [4.78, 5) is 17.1. The third-order valence-corrected chi connectivity index (χ3v) is 4.75. The highest BCUT2D eigenvalue weighted by molar-refractivity contribution is 5.85. The van der Waals surface area contributed by atoms with Crippen LogP contribution in [0.2, 0.25) is 0 Å². The third kappa shape index (κ3) is 2.45. The van der Waals surface area contributed by atoms with Gasteiger partial charge in [0.15, 0.2) is 0 Å². The second-order valence-electron chi connectivity index (χ2n) is 6.02. The van der Waals surface area contributed by atoms with Crippen LogP contribution in [0.1, 0.15) is 31.4 Å². The second kappa shape index (κ2) is 5.54. The molecule has 20 heavy (non-hydrogen) atoms. The molecule has 1 amide bonds. The molecule has 2 fully saturated rings. The van der Waals surface area contributed by atoms with Crippen molar-refractivity contribution in [3.8, 4) is 0 Å². The van der Waals surface area contributed by atoms with E-state index in [2.05, 4.69) is 24.2 Å². The molecule has 2 saturated heterocycles. The number of nitrogens with one attached hydrogen (secondary N) is 1. The third-order valence-electron chi connectivity index (χ3n) is 4.75. The second-order valence-corrected chi connectivity index (χ2v) is 6.02. The van der Waals surface area contributed by atoms with Crippen LogP contribution in [0.5, 0.6) is 0 Å². The van der Waals surface area contributed by atoms with Crippen molar-refractivity contribution in [3.05, 3.63) is 35.9 Å². The molecule has 108 valence electrons. The van der Waals surface area contributed by atoms with Gasteiger partial charge in [0, 0.05) is 18.6 Å². The number of likely N-dealkylation sites (tertiary alicyclic amines) is 1. The highest BCUT2D eigenvalue weighted by Crippen LogP contribution is 2.27. The molecule has 3 atom stereocenters. The molecular weight excluding hydrogens is 250 g/mol. The number of rotatable bonds is 2. The zero-order chi connectivity index (χ0) is 14.1. The number of carbonyl (C=O) groups is 1. The molecule has 2 aliphatic heterocycles. The lowest BCUT2D eigenvalue weighted by molar-refractivity contribution is -0.132. The Morgan fingerprint density at radius 3 is 2.70 bits per heavy atom. The van der Waals surface area contributed by atoms with E-state index in [-0.39, 0.29) is 11.9 Å². The van der Waals surface area contributed by atoms with Crippen LogP contribution in [0.4, 0.5) is 0 Å². The van der Waals surface area contributed by atoms with Gasteiger partial charge in [-0.05, 0) is 32.4 Å². The molecule has 0 bridgehead atoms. The molecule has 4 heteroatoms. The van der Waals surface area contributed by atoms with Crippen molar-refractivity contribution in [1.29, 1.82) is 0 Å². The fraction of sp³-hybridized carbons (Fsp3) is 0.562. The number of benzene rings is 1. The maximum Gasteiger partial charge on any atom is 0.245 e. The van der Waals surface area contributed by atoms with Gasteiger partial charge in [-0.1, -0.05) is 30.3 Å². The average Bonchev–Trinajstić information content (AvgIpc) is 2.85. The Hall–Kier alpha value is -1.39. The van der Waals surface area contributed by atoms with Crippen molar-refractivity contribution in [2.75, 3.05) is 20.3 Å². The van der Waals surface area contributed by atoms with Crippen LogP contribution in [0.3, 0.4) is 0 Å². The number of hydrogen-bond donors (Lipinski definition) is 1. The molecule has 0 radical (unpaired) electrons. The van der Waals surface area contributed by atoms with Crippen LogP contribution in [0, 0.1) is 0 Å². The zero-order valence-corrected chi connectivity index (χ0v) is 12.2. The summed E-state index contributed by atoms with van der Waals surface area (Å²) in [5.41, 5.74) is 1.07. The summed E-state index contributed by atoms with van der Waals surface area (Å²) >= 11 is 0. The number of piperidine rings is 1. The van der Waals surface area contributed by atoms with E-state index in [9.17, 15) is 4.79 Å². The number of hydrogen-bond acceptors (Lipinski definition) is 3. The van der Waals surface area contributed by atoms with Gasteiger partial charge in [0.05, 0.1) is 6.67 Å². The first-order valence-corrected chi connectivity index (χ1v) is 7.46. The van der Waals surface area contributed by atoms with Crippen molar-refractivity contribution in [2.45, 2.75) is 37.9 Å². The number of nitrogens with zero attached hydrogens (tertiary/aromatic N) is 2. The Balaban J connectivity index is 1.70. The minimum Gasteiger partial charge on any atom is -0.325 e. The Bertz CT molecular complexity index is 476. The number of carbonyl (C=O) groups excluding carboxylic acids is 1. The zero-order valence-electron chi connectivity index (χ0n) is 12.2.